The summed E-state index contributed by atoms with van der Waals surface area (Å²) in [6.07, 6.45) is -9.60. The highest BCUT2D eigenvalue weighted by Crippen LogP contribution is 2.36. The summed E-state index contributed by atoms with van der Waals surface area (Å²) in [5.74, 6) is 0. The molecule has 1 saturated heterocycles. The van der Waals surface area contributed by atoms with E-state index >= 15 is 0 Å². The normalized spacial score (nSPS) is 21.1. The summed E-state index contributed by atoms with van der Waals surface area (Å²) in [7, 11) is 0. The highest BCUT2D eigenvalue weighted by Gasteiger charge is 2.37. The molecule has 1 aromatic rings. The molecule has 22 heavy (non-hydrogen) atoms. The molecule has 0 spiro atoms. The predicted octanol–water partition coefficient (Wildman–Crippen LogP) is 3.52. The van der Waals surface area contributed by atoms with Gasteiger partial charge in [0.25, 0.3) is 0 Å². The maximum absolute atomic E-state index is 12.8. The van der Waals surface area contributed by atoms with Crippen LogP contribution in [-0.4, -0.2) is 30.6 Å². The average Bonchev–Trinajstić information content (AvgIpc) is 2.39. The molecule has 1 aliphatic rings. The van der Waals surface area contributed by atoms with Crippen LogP contribution < -0.4 is 5.32 Å². The molecule has 2 rings (SSSR count). The molecule has 1 atom stereocenters. The van der Waals surface area contributed by atoms with Crippen LogP contribution in [0.5, 0.6) is 0 Å². The quantitative estimate of drug-likeness (QED) is 0.837. The smallest absolute Gasteiger partial charge is 0.314 e. The zero-order chi connectivity index (χ0) is 16.5. The van der Waals surface area contributed by atoms with E-state index in [1.54, 1.807) is 0 Å². The van der Waals surface area contributed by atoms with Gasteiger partial charge in [-0.2, -0.15) is 26.3 Å². The number of nitrogens with one attached hydrogen (secondary N) is 1. The second kappa shape index (κ2) is 6.08. The van der Waals surface area contributed by atoms with Crippen LogP contribution in [0, 0.1) is 0 Å². The van der Waals surface area contributed by atoms with Crippen molar-refractivity contribution in [2.75, 3.05) is 19.6 Å². The van der Waals surface area contributed by atoms with Gasteiger partial charge < -0.3 is 5.32 Å². The van der Waals surface area contributed by atoms with E-state index in [1.807, 2.05) is 11.8 Å². The molecule has 0 amide bonds. The summed E-state index contributed by atoms with van der Waals surface area (Å²) in [5, 5.41) is 3.12. The summed E-state index contributed by atoms with van der Waals surface area (Å²) in [5.41, 5.74) is -2.50. The fourth-order valence-corrected chi connectivity index (χ4v) is 2.46. The van der Waals surface area contributed by atoms with Gasteiger partial charge in [0.1, 0.15) is 0 Å². The monoisotopic (exact) mass is 326 g/mol. The van der Waals surface area contributed by atoms with Crippen LogP contribution in [0.2, 0.25) is 0 Å². The van der Waals surface area contributed by atoms with Crippen LogP contribution in [0.25, 0.3) is 0 Å². The van der Waals surface area contributed by atoms with Crippen molar-refractivity contribution in [3.8, 4) is 0 Å². The zero-order valence-corrected chi connectivity index (χ0v) is 11.9. The van der Waals surface area contributed by atoms with E-state index < -0.39 is 23.5 Å². The molecule has 0 radical (unpaired) electrons. The highest BCUT2D eigenvalue weighted by atomic mass is 19.4. The molecule has 0 aliphatic carbocycles. The average molecular weight is 326 g/mol. The Labute approximate surface area is 124 Å². The number of hydrogen-bond acceptors (Lipinski definition) is 2. The Bertz CT molecular complexity index is 491. The standard InChI is InChI=1S/C14H16F6N2/c1-9-7-21-2-3-22(9)8-10-4-11(13(15,16)17)6-12(5-10)14(18,19)20/h4-6,9,21H,2-3,7-8H2,1H3/t9-/m0/s1. The zero-order valence-electron chi connectivity index (χ0n) is 11.9. The summed E-state index contributed by atoms with van der Waals surface area (Å²) in [6, 6.07) is 1.80. The Balaban J connectivity index is 2.33. The van der Waals surface area contributed by atoms with Gasteiger partial charge in [0, 0.05) is 32.2 Å². The fourth-order valence-electron chi connectivity index (χ4n) is 2.46. The Morgan fingerprint density at radius 3 is 2.05 bits per heavy atom. The van der Waals surface area contributed by atoms with Crippen LogP contribution in [-0.2, 0) is 18.9 Å². The van der Waals surface area contributed by atoms with Gasteiger partial charge in [-0.05, 0) is 30.7 Å². The second-order valence-corrected chi connectivity index (χ2v) is 5.44. The van der Waals surface area contributed by atoms with Crippen molar-refractivity contribution in [2.45, 2.75) is 31.9 Å². The second-order valence-electron chi connectivity index (χ2n) is 5.44. The van der Waals surface area contributed by atoms with E-state index in [9.17, 15) is 26.3 Å². The highest BCUT2D eigenvalue weighted by molar-refractivity contribution is 5.33. The van der Waals surface area contributed by atoms with Crippen LogP contribution >= 0.6 is 0 Å². The summed E-state index contributed by atoms with van der Waals surface area (Å²) in [4.78, 5) is 1.87. The van der Waals surface area contributed by atoms with E-state index in [0.717, 1.165) is 12.1 Å². The molecule has 1 aliphatic heterocycles. The lowest BCUT2D eigenvalue weighted by atomic mass is 10.0. The maximum atomic E-state index is 12.8. The van der Waals surface area contributed by atoms with E-state index in [4.69, 9.17) is 0 Å². The van der Waals surface area contributed by atoms with Gasteiger partial charge in [0.05, 0.1) is 11.1 Å². The predicted molar refractivity (Wildman–Crippen MR) is 69.2 cm³/mol. The first-order chi connectivity index (χ1) is 10.1. The van der Waals surface area contributed by atoms with Crippen molar-refractivity contribution in [3.05, 3.63) is 34.9 Å². The van der Waals surface area contributed by atoms with Crippen LogP contribution in [0.15, 0.2) is 18.2 Å². The van der Waals surface area contributed by atoms with Crippen molar-refractivity contribution in [1.82, 2.24) is 10.2 Å². The largest absolute Gasteiger partial charge is 0.416 e. The molecule has 8 heteroatoms. The fraction of sp³-hybridized carbons (Fsp3) is 0.571. The number of rotatable bonds is 2. The maximum Gasteiger partial charge on any atom is 0.416 e. The summed E-state index contributed by atoms with van der Waals surface area (Å²) < 4.78 is 76.8. The topological polar surface area (TPSA) is 15.3 Å². The summed E-state index contributed by atoms with van der Waals surface area (Å²) >= 11 is 0. The van der Waals surface area contributed by atoms with Crippen LogP contribution in [0.3, 0.4) is 0 Å². The number of nitrogens with zero attached hydrogens (tertiary/aromatic N) is 1. The Morgan fingerprint density at radius 2 is 1.59 bits per heavy atom. The Kier molecular flexibility index (Phi) is 4.72. The van der Waals surface area contributed by atoms with Crippen molar-refractivity contribution in [2.24, 2.45) is 0 Å². The molecule has 1 aromatic carbocycles. The minimum atomic E-state index is -4.80. The number of halogens is 6. The first kappa shape index (κ1) is 17.1. The lowest BCUT2D eigenvalue weighted by Gasteiger charge is -2.34. The van der Waals surface area contributed by atoms with Gasteiger partial charge in [-0.1, -0.05) is 0 Å². The minimum absolute atomic E-state index is 0.0240. The molecule has 2 nitrogen and oxygen atoms in total. The van der Waals surface area contributed by atoms with E-state index in [-0.39, 0.29) is 24.2 Å². The van der Waals surface area contributed by atoms with Gasteiger partial charge in [-0.25, -0.2) is 0 Å². The van der Waals surface area contributed by atoms with E-state index in [0.29, 0.717) is 19.6 Å². The SMILES string of the molecule is C[C@H]1CNCCN1Cc1cc(C(F)(F)F)cc(C(F)(F)F)c1. The van der Waals surface area contributed by atoms with Crippen molar-refractivity contribution >= 4 is 0 Å². The molecular formula is C14H16F6N2. The van der Waals surface area contributed by atoms with Crippen molar-refractivity contribution in [3.63, 3.8) is 0 Å². The first-order valence-electron chi connectivity index (χ1n) is 6.80. The number of piperazine rings is 1. The third kappa shape index (κ3) is 4.13. The van der Waals surface area contributed by atoms with Gasteiger partial charge in [0.2, 0.25) is 0 Å². The lowest BCUT2D eigenvalue weighted by molar-refractivity contribution is -0.143. The molecule has 0 bridgehead atoms. The molecule has 0 unspecified atom stereocenters. The van der Waals surface area contributed by atoms with Crippen molar-refractivity contribution in [1.29, 1.82) is 0 Å². The van der Waals surface area contributed by atoms with Gasteiger partial charge in [0.15, 0.2) is 0 Å². The molecule has 1 fully saturated rings. The Morgan fingerprint density at radius 1 is 1.05 bits per heavy atom. The van der Waals surface area contributed by atoms with Gasteiger partial charge >= 0.3 is 12.4 Å². The number of hydrogen-bond donors (Lipinski definition) is 1. The molecule has 0 saturated carbocycles. The van der Waals surface area contributed by atoms with Crippen molar-refractivity contribution < 1.29 is 26.3 Å². The lowest BCUT2D eigenvalue weighted by Crippen LogP contribution is -2.49. The number of benzene rings is 1. The number of alkyl halides is 6. The molecular weight excluding hydrogens is 310 g/mol. The first-order valence-corrected chi connectivity index (χ1v) is 6.80. The molecule has 1 N–H and O–H groups in total. The third-order valence-electron chi connectivity index (χ3n) is 3.67. The van der Waals surface area contributed by atoms with E-state index in [1.165, 1.54) is 0 Å². The molecule has 0 aromatic heterocycles. The third-order valence-corrected chi connectivity index (χ3v) is 3.67. The van der Waals surface area contributed by atoms with Crippen LogP contribution in [0.1, 0.15) is 23.6 Å². The van der Waals surface area contributed by atoms with Crippen LogP contribution in [0.4, 0.5) is 26.3 Å². The molecule has 124 valence electrons. The van der Waals surface area contributed by atoms with Gasteiger partial charge in [-0.15, -0.1) is 0 Å². The van der Waals surface area contributed by atoms with Gasteiger partial charge in [-0.3, -0.25) is 4.90 Å². The Hall–Kier alpha value is -1.28. The van der Waals surface area contributed by atoms with E-state index in [2.05, 4.69) is 5.32 Å². The molecule has 1 heterocycles. The minimum Gasteiger partial charge on any atom is -0.314 e. The summed E-state index contributed by atoms with van der Waals surface area (Å²) in [6.45, 7) is 3.85.